The molecule has 0 unspecified atom stereocenters. The second-order valence-electron chi connectivity index (χ2n) is 5.20. The van der Waals surface area contributed by atoms with Gasteiger partial charge in [0, 0.05) is 5.92 Å². The molecule has 0 aliphatic heterocycles. The van der Waals surface area contributed by atoms with Crippen molar-refractivity contribution in [2.45, 2.75) is 25.8 Å². The third kappa shape index (κ3) is 2.94. The maximum absolute atomic E-state index is 13.2. The largest absolute Gasteiger partial charge is 0.444 e. The molecule has 1 N–H and O–H groups in total. The van der Waals surface area contributed by atoms with Crippen molar-refractivity contribution in [2.75, 3.05) is 0 Å². The Labute approximate surface area is 120 Å². The average molecular weight is 292 g/mol. The Kier molecular flexibility index (Phi) is 3.45. The summed E-state index contributed by atoms with van der Waals surface area (Å²) < 4.78 is 31.3. The standard InChI is InChI=1S/C15H14F2N2O2/c1-8-6-18-14(21-8)7-19-15(20)11-5-10(11)9-2-3-12(16)13(17)4-9/h2-4,6,10-11H,5,7H2,1H3,(H,19,20)/t10-,11+/m1/s1. The van der Waals surface area contributed by atoms with Crippen LogP contribution in [0.5, 0.6) is 0 Å². The Morgan fingerprint density at radius 3 is 2.90 bits per heavy atom. The lowest BCUT2D eigenvalue weighted by Gasteiger charge is -2.03. The molecule has 0 radical (unpaired) electrons. The highest BCUT2D eigenvalue weighted by Gasteiger charge is 2.44. The summed E-state index contributed by atoms with van der Waals surface area (Å²) in [5.74, 6) is -0.998. The van der Waals surface area contributed by atoms with E-state index >= 15 is 0 Å². The number of aryl methyl sites for hydroxylation is 1. The number of carbonyl (C=O) groups excluding carboxylic acids is 1. The number of nitrogens with one attached hydrogen (secondary N) is 1. The molecule has 1 amide bonds. The molecular weight excluding hydrogens is 278 g/mol. The van der Waals surface area contributed by atoms with Crippen molar-refractivity contribution < 1.29 is 18.0 Å². The Bertz CT molecular complexity index is 684. The molecule has 1 aliphatic carbocycles. The molecule has 1 fully saturated rings. The number of carbonyl (C=O) groups is 1. The van der Waals surface area contributed by atoms with Crippen molar-refractivity contribution >= 4 is 5.91 Å². The van der Waals surface area contributed by atoms with E-state index in [2.05, 4.69) is 10.3 Å². The zero-order valence-electron chi connectivity index (χ0n) is 11.4. The van der Waals surface area contributed by atoms with Gasteiger partial charge < -0.3 is 9.73 Å². The predicted molar refractivity (Wildman–Crippen MR) is 70.3 cm³/mol. The van der Waals surface area contributed by atoms with E-state index in [1.54, 1.807) is 13.1 Å². The summed E-state index contributed by atoms with van der Waals surface area (Å²) in [7, 11) is 0. The fraction of sp³-hybridized carbons (Fsp3) is 0.333. The molecule has 21 heavy (non-hydrogen) atoms. The summed E-state index contributed by atoms with van der Waals surface area (Å²) in [6.07, 6.45) is 2.23. The van der Waals surface area contributed by atoms with Gasteiger partial charge in [0.15, 0.2) is 11.6 Å². The molecule has 3 rings (SSSR count). The first-order chi connectivity index (χ1) is 10.0. The van der Waals surface area contributed by atoms with Crippen molar-refractivity contribution in [1.29, 1.82) is 0 Å². The van der Waals surface area contributed by atoms with Crippen LogP contribution in [0.25, 0.3) is 0 Å². The molecule has 2 aromatic rings. The van der Waals surface area contributed by atoms with Crippen LogP contribution < -0.4 is 5.32 Å². The van der Waals surface area contributed by atoms with Gasteiger partial charge in [0.25, 0.3) is 0 Å². The number of nitrogens with zero attached hydrogens (tertiary/aromatic N) is 1. The fourth-order valence-corrected chi connectivity index (χ4v) is 2.37. The van der Waals surface area contributed by atoms with Gasteiger partial charge in [-0.2, -0.15) is 0 Å². The summed E-state index contributed by atoms with van der Waals surface area (Å²) in [5.41, 5.74) is 0.654. The molecule has 4 nitrogen and oxygen atoms in total. The van der Waals surface area contributed by atoms with Crippen LogP contribution >= 0.6 is 0 Å². The molecule has 0 bridgehead atoms. The Hall–Kier alpha value is -2.24. The Balaban J connectivity index is 1.57. The molecule has 1 aromatic carbocycles. The van der Waals surface area contributed by atoms with Crippen LogP contribution in [0.1, 0.15) is 29.6 Å². The average Bonchev–Trinajstić information content (AvgIpc) is 3.15. The van der Waals surface area contributed by atoms with Gasteiger partial charge in [-0.1, -0.05) is 6.07 Å². The highest BCUT2D eigenvalue weighted by Crippen LogP contribution is 2.47. The molecule has 1 heterocycles. The minimum absolute atomic E-state index is 0.0496. The highest BCUT2D eigenvalue weighted by molar-refractivity contribution is 5.82. The van der Waals surface area contributed by atoms with Crippen molar-refractivity contribution in [3.05, 3.63) is 53.2 Å². The van der Waals surface area contributed by atoms with Crippen LogP contribution in [-0.2, 0) is 11.3 Å². The van der Waals surface area contributed by atoms with E-state index in [-0.39, 0.29) is 24.3 Å². The number of benzene rings is 1. The van der Waals surface area contributed by atoms with Gasteiger partial charge in [0.1, 0.15) is 5.76 Å². The Morgan fingerprint density at radius 2 is 2.24 bits per heavy atom. The lowest BCUT2D eigenvalue weighted by atomic mass is 10.1. The minimum Gasteiger partial charge on any atom is -0.444 e. The van der Waals surface area contributed by atoms with E-state index in [0.29, 0.717) is 23.6 Å². The summed E-state index contributed by atoms with van der Waals surface area (Å²) >= 11 is 0. The van der Waals surface area contributed by atoms with Gasteiger partial charge in [-0.15, -0.1) is 0 Å². The zero-order chi connectivity index (χ0) is 15.0. The van der Waals surface area contributed by atoms with Gasteiger partial charge in [-0.25, -0.2) is 13.8 Å². The Morgan fingerprint density at radius 1 is 1.43 bits per heavy atom. The van der Waals surface area contributed by atoms with Crippen molar-refractivity contribution in [1.82, 2.24) is 10.3 Å². The van der Waals surface area contributed by atoms with Gasteiger partial charge in [0.05, 0.1) is 12.7 Å². The van der Waals surface area contributed by atoms with Crippen LogP contribution in [0.4, 0.5) is 8.78 Å². The van der Waals surface area contributed by atoms with E-state index in [4.69, 9.17) is 4.42 Å². The SMILES string of the molecule is Cc1cnc(CNC(=O)[C@H]2C[C@@H]2c2ccc(F)c(F)c2)o1. The first kappa shape index (κ1) is 13.7. The topological polar surface area (TPSA) is 55.1 Å². The fourth-order valence-electron chi connectivity index (χ4n) is 2.37. The van der Waals surface area contributed by atoms with Crippen LogP contribution in [0, 0.1) is 24.5 Å². The van der Waals surface area contributed by atoms with E-state index in [1.807, 2.05) is 0 Å². The van der Waals surface area contributed by atoms with Crippen LogP contribution in [-0.4, -0.2) is 10.9 Å². The quantitative estimate of drug-likeness (QED) is 0.942. The molecule has 2 atom stereocenters. The second-order valence-corrected chi connectivity index (χ2v) is 5.20. The lowest BCUT2D eigenvalue weighted by Crippen LogP contribution is -2.25. The number of aromatic nitrogens is 1. The van der Waals surface area contributed by atoms with E-state index < -0.39 is 11.6 Å². The molecule has 1 aliphatic rings. The number of hydrogen-bond donors (Lipinski definition) is 1. The van der Waals surface area contributed by atoms with E-state index in [9.17, 15) is 13.6 Å². The van der Waals surface area contributed by atoms with Gasteiger partial charge in [-0.05, 0) is 37.0 Å². The predicted octanol–water partition coefficient (Wildman–Crippen LogP) is 2.68. The molecule has 1 saturated carbocycles. The normalized spacial score (nSPS) is 20.3. The lowest BCUT2D eigenvalue weighted by molar-refractivity contribution is -0.122. The summed E-state index contributed by atoms with van der Waals surface area (Å²) in [5, 5.41) is 2.74. The van der Waals surface area contributed by atoms with Crippen LogP contribution in [0.2, 0.25) is 0 Å². The molecule has 0 saturated heterocycles. The number of rotatable bonds is 4. The highest BCUT2D eigenvalue weighted by atomic mass is 19.2. The number of oxazole rings is 1. The van der Waals surface area contributed by atoms with Crippen molar-refractivity contribution in [3.63, 3.8) is 0 Å². The molecule has 1 aromatic heterocycles. The summed E-state index contributed by atoms with van der Waals surface area (Å²) in [6.45, 7) is 2.01. The first-order valence-corrected chi connectivity index (χ1v) is 6.68. The molecule has 110 valence electrons. The first-order valence-electron chi connectivity index (χ1n) is 6.68. The van der Waals surface area contributed by atoms with E-state index in [0.717, 1.165) is 12.1 Å². The van der Waals surface area contributed by atoms with Crippen LogP contribution in [0.15, 0.2) is 28.8 Å². The molecular formula is C15H14F2N2O2. The van der Waals surface area contributed by atoms with Gasteiger partial charge in [-0.3, -0.25) is 4.79 Å². The number of hydrogen-bond acceptors (Lipinski definition) is 3. The third-order valence-corrected chi connectivity index (χ3v) is 3.58. The maximum Gasteiger partial charge on any atom is 0.224 e. The zero-order valence-corrected chi connectivity index (χ0v) is 11.4. The third-order valence-electron chi connectivity index (χ3n) is 3.58. The maximum atomic E-state index is 13.2. The minimum atomic E-state index is -0.881. The van der Waals surface area contributed by atoms with Gasteiger partial charge >= 0.3 is 0 Å². The number of amides is 1. The summed E-state index contributed by atoms with van der Waals surface area (Å²) in [6, 6.07) is 3.77. The van der Waals surface area contributed by atoms with Crippen molar-refractivity contribution in [2.24, 2.45) is 5.92 Å². The smallest absolute Gasteiger partial charge is 0.224 e. The summed E-state index contributed by atoms with van der Waals surface area (Å²) in [4.78, 5) is 16.0. The molecule has 6 heteroatoms. The monoisotopic (exact) mass is 292 g/mol. The molecule has 0 spiro atoms. The van der Waals surface area contributed by atoms with Crippen LogP contribution in [0.3, 0.4) is 0 Å². The number of halogens is 2. The second kappa shape index (κ2) is 5.27. The van der Waals surface area contributed by atoms with E-state index in [1.165, 1.54) is 6.07 Å². The van der Waals surface area contributed by atoms with Crippen molar-refractivity contribution in [3.8, 4) is 0 Å². The van der Waals surface area contributed by atoms with Gasteiger partial charge in [0.2, 0.25) is 11.8 Å².